The number of halogens is 1. The monoisotopic (exact) mass is 386 g/mol. The molecule has 1 aliphatic carbocycles. The van der Waals surface area contributed by atoms with Crippen molar-refractivity contribution in [2.24, 2.45) is 11.7 Å². The van der Waals surface area contributed by atoms with Crippen LogP contribution in [-0.2, 0) is 15.1 Å². The second kappa shape index (κ2) is 7.44. The normalized spacial score (nSPS) is 23.6. The lowest BCUT2D eigenvalue weighted by molar-refractivity contribution is -0.184. The Kier molecular flexibility index (Phi) is 4.99. The Balaban J connectivity index is 1.52. The van der Waals surface area contributed by atoms with E-state index in [-0.39, 0.29) is 36.8 Å². The fourth-order valence-electron chi connectivity index (χ4n) is 3.76. The summed E-state index contributed by atoms with van der Waals surface area (Å²) < 4.78 is 19.5. The predicted molar refractivity (Wildman–Crippen MR) is 101 cm³/mol. The number of ether oxygens (including phenoxy) is 1. The lowest BCUT2D eigenvalue weighted by Crippen LogP contribution is -2.46. The van der Waals surface area contributed by atoms with Crippen LogP contribution in [0.15, 0.2) is 30.5 Å². The van der Waals surface area contributed by atoms with Crippen molar-refractivity contribution >= 4 is 11.9 Å². The van der Waals surface area contributed by atoms with Gasteiger partial charge in [0.1, 0.15) is 11.3 Å². The van der Waals surface area contributed by atoms with E-state index in [9.17, 15) is 14.3 Å². The van der Waals surface area contributed by atoms with Crippen molar-refractivity contribution in [1.82, 2.24) is 9.97 Å². The number of carbonyl (C=O) groups is 1. The van der Waals surface area contributed by atoms with Gasteiger partial charge in [-0.1, -0.05) is 18.2 Å². The Hall–Kier alpha value is -2.58. The van der Waals surface area contributed by atoms with E-state index in [1.54, 1.807) is 24.3 Å². The molecule has 2 heterocycles. The fraction of sp³-hybridized carbons (Fsp3) is 0.450. The zero-order valence-corrected chi connectivity index (χ0v) is 15.4. The van der Waals surface area contributed by atoms with E-state index >= 15 is 0 Å². The standard InChI is InChI=1S/C20H23FN4O3/c21-16-9-23-19(24-15-6-4-12(5-7-15)18(22)26)25-17(16)13-2-1-3-14(8-13)20(27)10-28-11-20/h1-3,8-9,12,15,27H,4-7,10-11H2,(H2,22,26)(H,23,24,25). The first-order valence-electron chi connectivity index (χ1n) is 9.44. The van der Waals surface area contributed by atoms with Crippen LogP contribution in [0.4, 0.5) is 10.3 Å². The second-order valence-electron chi connectivity index (χ2n) is 7.59. The number of aliphatic hydroxyl groups is 1. The Bertz CT molecular complexity index is 880. The number of anilines is 1. The first-order chi connectivity index (χ1) is 13.4. The van der Waals surface area contributed by atoms with Crippen molar-refractivity contribution in [1.29, 1.82) is 0 Å². The van der Waals surface area contributed by atoms with E-state index in [1.165, 1.54) is 0 Å². The predicted octanol–water partition coefficient (Wildman–Crippen LogP) is 1.96. The molecule has 0 bridgehead atoms. The molecule has 0 radical (unpaired) electrons. The molecule has 2 fully saturated rings. The van der Waals surface area contributed by atoms with Crippen LogP contribution in [0.5, 0.6) is 0 Å². The maximum atomic E-state index is 14.4. The average Bonchev–Trinajstić information content (AvgIpc) is 2.68. The van der Waals surface area contributed by atoms with E-state index in [1.807, 2.05) is 0 Å². The Labute approximate surface area is 162 Å². The summed E-state index contributed by atoms with van der Waals surface area (Å²) in [4.78, 5) is 19.7. The molecule has 148 valence electrons. The zero-order valence-electron chi connectivity index (χ0n) is 15.4. The number of nitrogens with two attached hydrogens (primary N) is 1. The van der Waals surface area contributed by atoms with Crippen molar-refractivity contribution in [2.45, 2.75) is 37.3 Å². The molecule has 2 aliphatic rings. The van der Waals surface area contributed by atoms with Gasteiger partial charge in [0.15, 0.2) is 5.82 Å². The van der Waals surface area contributed by atoms with Gasteiger partial charge >= 0.3 is 0 Å². The smallest absolute Gasteiger partial charge is 0.223 e. The van der Waals surface area contributed by atoms with Crippen LogP contribution >= 0.6 is 0 Å². The van der Waals surface area contributed by atoms with Crippen LogP contribution in [0, 0.1) is 11.7 Å². The Morgan fingerprint density at radius 1 is 1.29 bits per heavy atom. The van der Waals surface area contributed by atoms with Gasteiger partial charge in [-0.25, -0.2) is 14.4 Å². The molecule has 4 N–H and O–H groups in total. The van der Waals surface area contributed by atoms with Crippen molar-refractivity contribution in [3.8, 4) is 11.3 Å². The maximum Gasteiger partial charge on any atom is 0.223 e. The number of hydrogen-bond donors (Lipinski definition) is 3. The molecular weight excluding hydrogens is 363 g/mol. The second-order valence-corrected chi connectivity index (χ2v) is 7.59. The molecule has 28 heavy (non-hydrogen) atoms. The molecule has 1 amide bonds. The van der Waals surface area contributed by atoms with Gasteiger partial charge in [0.05, 0.1) is 19.4 Å². The molecule has 1 aliphatic heterocycles. The minimum absolute atomic E-state index is 0.0771. The lowest BCUT2D eigenvalue weighted by atomic mass is 9.86. The summed E-state index contributed by atoms with van der Waals surface area (Å²) in [7, 11) is 0. The Morgan fingerprint density at radius 3 is 2.68 bits per heavy atom. The van der Waals surface area contributed by atoms with Gasteiger partial charge < -0.3 is 20.9 Å². The third kappa shape index (κ3) is 3.70. The lowest BCUT2D eigenvalue weighted by Gasteiger charge is -2.36. The van der Waals surface area contributed by atoms with Crippen LogP contribution in [0.25, 0.3) is 11.3 Å². The number of aromatic nitrogens is 2. The molecule has 0 spiro atoms. The molecule has 8 heteroatoms. The van der Waals surface area contributed by atoms with Gasteiger partial charge in [0.25, 0.3) is 0 Å². The fourth-order valence-corrected chi connectivity index (χ4v) is 3.76. The maximum absolute atomic E-state index is 14.4. The molecular formula is C20H23FN4O3. The summed E-state index contributed by atoms with van der Waals surface area (Å²) >= 11 is 0. The summed E-state index contributed by atoms with van der Waals surface area (Å²) in [6.45, 7) is 0.451. The number of nitrogens with zero attached hydrogens (tertiary/aromatic N) is 2. The number of benzene rings is 1. The molecule has 0 atom stereocenters. The van der Waals surface area contributed by atoms with Gasteiger partial charge in [-0.15, -0.1) is 0 Å². The first kappa shape index (κ1) is 18.8. The van der Waals surface area contributed by atoms with Gasteiger partial charge in [-0.05, 0) is 37.3 Å². The third-order valence-corrected chi connectivity index (χ3v) is 5.56. The molecule has 7 nitrogen and oxygen atoms in total. The molecule has 1 saturated heterocycles. The van der Waals surface area contributed by atoms with Gasteiger partial charge in [0.2, 0.25) is 11.9 Å². The van der Waals surface area contributed by atoms with E-state index in [0.29, 0.717) is 17.1 Å². The highest BCUT2D eigenvalue weighted by Crippen LogP contribution is 2.32. The molecule has 0 unspecified atom stereocenters. The average molecular weight is 386 g/mol. The van der Waals surface area contributed by atoms with Crippen molar-refractivity contribution in [2.75, 3.05) is 18.5 Å². The molecule has 1 aromatic carbocycles. The van der Waals surface area contributed by atoms with Crippen LogP contribution in [0.1, 0.15) is 31.2 Å². The largest absolute Gasteiger partial charge is 0.380 e. The summed E-state index contributed by atoms with van der Waals surface area (Å²) in [5, 5.41) is 13.7. The number of rotatable bonds is 5. The number of amides is 1. The van der Waals surface area contributed by atoms with Crippen molar-refractivity contribution in [3.63, 3.8) is 0 Å². The molecule has 2 aromatic rings. The number of nitrogens with one attached hydrogen (secondary N) is 1. The molecule has 1 aromatic heterocycles. The molecule has 4 rings (SSSR count). The zero-order chi connectivity index (χ0) is 19.7. The van der Waals surface area contributed by atoms with Crippen LogP contribution in [0.3, 0.4) is 0 Å². The summed E-state index contributed by atoms with van der Waals surface area (Å²) in [5.41, 5.74) is 5.76. The summed E-state index contributed by atoms with van der Waals surface area (Å²) in [5.74, 6) is -0.518. The third-order valence-electron chi connectivity index (χ3n) is 5.56. The summed E-state index contributed by atoms with van der Waals surface area (Å²) in [6.07, 6.45) is 4.17. The van der Waals surface area contributed by atoms with E-state index < -0.39 is 11.4 Å². The topological polar surface area (TPSA) is 110 Å². The summed E-state index contributed by atoms with van der Waals surface area (Å²) in [6, 6.07) is 7.16. The number of carbonyl (C=O) groups excluding carboxylic acids is 1. The van der Waals surface area contributed by atoms with Gasteiger partial charge in [0, 0.05) is 17.5 Å². The minimum Gasteiger partial charge on any atom is -0.380 e. The van der Waals surface area contributed by atoms with E-state index in [0.717, 1.165) is 31.9 Å². The quantitative estimate of drug-likeness (QED) is 0.725. The highest BCUT2D eigenvalue weighted by molar-refractivity contribution is 5.76. The number of primary amides is 1. The van der Waals surface area contributed by atoms with Gasteiger partial charge in [-0.2, -0.15) is 0 Å². The first-order valence-corrected chi connectivity index (χ1v) is 9.44. The number of hydrogen-bond acceptors (Lipinski definition) is 6. The van der Waals surface area contributed by atoms with Gasteiger partial charge in [-0.3, -0.25) is 4.79 Å². The van der Waals surface area contributed by atoms with E-state index in [2.05, 4.69) is 15.3 Å². The highest BCUT2D eigenvalue weighted by Gasteiger charge is 2.38. The van der Waals surface area contributed by atoms with Crippen LogP contribution in [0.2, 0.25) is 0 Å². The van der Waals surface area contributed by atoms with Crippen LogP contribution < -0.4 is 11.1 Å². The Morgan fingerprint density at radius 2 is 2.04 bits per heavy atom. The highest BCUT2D eigenvalue weighted by atomic mass is 19.1. The molecule has 1 saturated carbocycles. The van der Waals surface area contributed by atoms with Crippen molar-refractivity contribution in [3.05, 3.63) is 41.8 Å². The van der Waals surface area contributed by atoms with E-state index in [4.69, 9.17) is 10.5 Å². The minimum atomic E-state index is -1.03. The van der Waals surface area contributed by atoms with Crippen LogP contribution in [-0.4, -0.2) is 40.2 Å². The van der Waals surface area contributed by atoms with Crippen molar-refractivity contribution < 1.29 is 19.0 Å². The SMILES string of the molecule is NC(=O)C1CCC(Nc2ncc(F)c(-c3cccc(C4(O)COC4)c3)n2)CC1.